The largest absolute Gasteiger partial charge is 0.417 e. The van der Waals surface area contributed by atoms with Crippen LogP contribution in [0.2, 0.25) is 10.0 Å². The molecule has 39 heavy (non-hydrogen) atoms. The van der Waals surface area contributed by atoms with Gasteiger partial charge in [-0.1, -0.05) is 28.4 Å². The monoisotopic (exact) mass is 601 g/mol. The van der Waals surface area contributed by atoms with Crippen molar-refractivity contribution in [2.45, 2.75) is 23.9 Å². The number of nitrogens with zero attached hydrogens (tertiary/aromatic N) is 6. The minimum atomic E-state index is -4.89. The molecule has 0 spiro atoms. The lowest BCUT2D eigenvalue weighted by atomic mass is 10.2. The van der Waals surface area contributed by atoms with Crippen molar-refractivity contribution < 1.29 is 30.9 Å². The van der Waals surface area contributed by atoms with E-state index in [2.05, 4.69) is 25.1 Å². The van der Waals surface area contributed by atoms with Crippen molar-refractivity contribution in [3.63, 3.8) is 0 Å². The molecule has 1 amide bonds. The van der Waals surface area contributed by atoms with Crippen LogP contribution in [0.3, 0.4) is 0 Å². The van der Waals surface area contributed by atoms with Crippen LogP contribution < -0.4 is 4.72 Å². The van der Waals surface area contributed by atoms with Gasteiger partial charge in [0.15, 0.2) is 11.6 Å². The van der Waals surface area contributed by atoms with Crippen LogP contribution in [-0.2, 0) is 16.2 Å². The third kappa shape index (κ3) is 5.29. The SMILES string of the molecule is O=C(c1nnc(-c2ncc(Cl)cc2NS(=O)(=O)c2ccc(Cl)c(C(F)(F)F)c2)n1-c1ccon1)N1CCCC1. The Kier molecular flexibility index (Phi) is 6.99. The van der Waals surface area contributed by atoms with Crippen LogP contribution in [0.1, 0.15) is 29.0 Å². The molecule has 1 aliphatic rings. The molecule has 204 valence electrons. The van der Waals surface area contributed by atoms with E-state index >= 15 is 0 Å². The van der Waals surface area contributed by atoms with Crippen LogP contribution in [0.5, 0.6) is 0 Å². The zero-order valence-electron chi connectivity index (χ0n) is 19.5. The first kappa shape index (κ1) is 26.9. The number of pyridine rings is 1. The van der Waals surface area contributed by atoms with E-state index < -0.39 is 37.6 Å². The number of anilines is 1. The van der Waals surface area contributed by atoms with Gasteiger partial charge in [-0.15, -0.1) is 10.2 Å². The van der Waals surface area contributed by atoms with Gasteiger partial charge in [0.2, 0.25) is 5.82 Å². The summed E-state index contributed by atoms with van der Waals surface area (Å²) in [5, 5.41) is 11.3. The second kappa shape index (κ2) is 10.1. The van der Waals surface area contributed by atoms with Crippen molar-refractivity contribution in [2.24, 2.45) is 0 Å². The Bertz CT molecular complexity index is 1650. The molecule has 1 fully saturated rings. The lowest BCUT2D eigenvalue weighted by Gasteiger charge is -2.16. The van der Waals surface area contributed by atoms with E-state index in [4.69, 9.17) is 27.7 Å². The first-order valence-corrected chi connectivity index (χ1v) is 13.4. The molecule has 1 aliphatic heterocycles. The van der Waals surface area contributed by atoms with Crippen LogP contribution in [0, 0.1) is 0 Å². The smallest absolute Gasteiger partial charge is 0.363 e. The number of likely N-dealkylation sites (tertiary alicyclic amines) is 1. The van der Waals surface area contributed by atoms with E-state index in [1.54, 1.807) is 4.90 Å². The molecule has 0 unspecified atom stereocenters. The minimum absolute atomic E-state index is 0.00408. The van der Waals surface area contributed by atoms with Crippen molar-refractivity contribution >= 4 is 44.8 Å². The molecule has 1 saturated heterocycles. The van der Waals surface area contributed by atoms with E-state index in [1.807, 2.05) is 0 Å². The van der Waals surface area contributed by atoms with Gasteiger partial charge in [-0.05, 0) is 37.1 Å². The maximum Gasteiger partial charge on any atom is 0.417 e. The highest BCUT2D eigenvalue weighted by Crippen LogP contribution is 2.37. The summed E-state index contributed by atoms with van der Waals surface area (Å²) in [4.78, 5) is 18.2. The van der Waals surface area contributed by atoms with E-state index in [-0.39, 0.29) is 33.9 Å². The molecule has 0 saturated carbocycles. The summed E-state index contributed by atoms with van der Waals surface area (Å²) in [7, 11) is -4.62. The number of hydrogen-bond acceptors (Lipinski definition) is 8. The van der Waals surface area contributed by atoms with Gasteiger partial charge in [-0.2, -0.15) is 13.2 Å². The second-order valence-electron chi connectivity index (χ2n) is 8.33. The maximum absolute atomic E-state index is 13.4. The number of rotatable bonds is 6. The topological polar surface area (TPSA) is 136 Å². The van der Waals surface area contributed by atoms with Crippen LogP contribution >= 0.6 is 23.2 Å². The predicted octanol–water partition coefficient (Wildman–Crippen LogP) is 4.68. The van der Waals surface area contributed by atoms with Crippen LogP contribution in [0.15, 0.2) is 52.2 Å². The lowest BCUT2D eigenvalue weighted by Crippen LogP contribution is -2.30. The Morgan fingerprint density at radius 2 is 1.82 bits per heavy atom. The Balaban J connectivity index is 1.61. The molecular weight excluding hydrogens is 586 g/mol. The zero-order valence-corrected chi connectivity index (χ0v) is 21.8. The Hall–Kier alpha value is -3.69. The fourth-order valence-electron chi connectivity index (χ4n) is 3.96. The molecule has 1 aromatic carbocycles. The number of amides is 1. The van der Waals surface area contributed by atoms with Crippen molar-refractivity contribution in [1.29, 1.82) is 0 Å². The average molecular weight is 602 g/mol. The van der Waals surface area contributed by atoms with Gasteiger partial charge < -0.3 is 9.42 Å². The molecule has 4 aromatic rings. The number of carbonyl (C=O) groups is 1. The summed E-state index contributed by atoms with van der Waals surface area (Å²) in [6.45, 7) is 1.04. The molecule has 0 radical (unpaired) electrons. The molecule has 4 heterocycles. The molecule has 3 aromatic heterocycles. The van der Waals surface area contributed by atoms with E-state index in [9.17, 15) is 26.4 Å². The molecule has 5 rings (SSSR count). The fraction of sp³-hybridized carbons (Fsp3) is 0.227. The highest BCUT2D eigenvalue weighted by molar-refractivity contribution is 7.92. The van der Waals surface area contributed by atoms with Crippen molar-refractivity contribution in [3.05, 3.63) is 64.2 Å². The van der Waals surface area contributed by atoms with Crippen molar-refractivity contribution in [1.82, 2.24) is 29.8 Å². The van der Waals surface area contributed by atoms with Crippen LogP contribution in [0.4, 0.5) is 18.9 Å². The van der Waals surface area contributed by atoms with Gasteiger partial charge in [0.25, 0.3) is 15.9 Å². The van der Waals surface area contributed by atoms with Crippen molar-refractivity contribution in [2.75, 3.05) is 17.8 Å². The number of nitrogens with one attached hydrogen (secondary N) is 1. The number of aromatic nitrogens is 5. The summed E-state index contributed by atoms with van der Waals surface area (Å²) < 4.78 is 74.7. The first-order chi connectivity index (χ1) is 18.5. The lowest BCUT2D eigenvalue weighted by molar-refractivity contribution is -0.137. The Morgan fingerprint density at radius 1 is 1.08 bits per heavy atom. The van der Waals surface area contributed by atoms with Crippen molar-refractivity contribution in [3.8, 4) is 17.3 Å². The summed E-state index contributed by atoms with van der Waals surface area (Å²) in [5.74, 6) is -0.561. The Morgan fingerprint density at radius 3 is 2.49 bits per heavy atom. The van der Waals surface area contributed by atoms with Gasteiger partial charge in [0, 0.05) is 25.4 Å². The number of benzene rings is 1. The normalized spacial score (nSPS) is 14.1. The standard InChI is InChI=1S/C22H16Cl2F3N7O4S/c23-12-9-16(32-39(36,37)13-3-4-15(24)14(10-13)22(25,26)27)18(28-11-12)19-29-30-20(21(35)33-6-1-2-7-33)34(19)17-5-8-38-31-17/h3-5,8-11,32H,1-2,6-7H2. The molecular formula is C22H16Cl2F3N7O4S. The van der Waals surface area contributed by atoms with E-state index in [1.165, 1.54) is 29.2 Å². The minimum Gasteiger partial charge on any atom is -0.363 e. The molecule has 11 nitrogen and oxygen atoms in total. The fourth-order valence-corrected chi connectivity index (χ4v) is 5.43. The molecule has 0 atom stereocenters. The third-order valence-corrected chi connectivity index (χ3v) is 7.66. The number of carbonyl (C=O) groups excluding carboxylic acids is 1. The number of halogens is 5. The van der Waals surface area contributed by atoms with Gasteiger partial charge in [0.05, 0.1) is 26.2 Å². The highest BCUT2D eigenvalue weighted by atomic mass is 35.5. The summed E-state index contributed by atoms with van der Waals surface area (Å²) >= 11 is 11.7. The molecule has 1 N–H and O–H groups in total. The highest BCUT2D eigenvalue weighted by Gasteiger charge is 2.35. The van der Waals surface area contributed by atoms with Gasteiger partial charge in [-0.3, -0.25) is 9.52 Å². The van der Waals surface area contributed by atoms with Gasteiger partial charge in [-0.25, -0.2) is 18.0 Å². The summed E-state index contributed by atoms with van der Waals surface area (Å²) in [6, 6.07) is 4.77. The third-order valence-electron chi connectivity index (χ3n) is 5.76. The van der Waals surface area contributed by atoms with E-state index in [0.29, 0.717) is 19.2 Å². The predicted molar refractivity (Wildman–Crippen MR) is 132 cm³/mol. The molecule has 0 bridgehead atoms. The molecule has 17 heteroatoms. The first-order valence-electron chi connectivity index (χ1n) is 11.2. The maximum atomic E-state index is 13.4. The zero-order chi connectivity index (χ0) is 27.9. The summed E-state index contributed by atoms with van der Waals surface area (Å²) in [5.41, 5.74) is -1.71. The summed E-state index contributed by atoms with van der Waals surface area (Å²) in [6.07, 6.45) is -0.800. The van der Waals surface area contributed by atoms with E-state index in [0.717, 1.165) is 25.0 Å². The second-order valence-corrected chi connectivity index (χ2v) is 10.9. The average Bonchev–Trinajstić information content (AvgIpc) is 3.64. The number of hydrogen-bond donors (Lipinski definition) is 1. The quantitative estimate of drug-likeness (QED) is 0.336. The van der Waals surface area contributed by atoms with Crippen LogP contribution in [0.25, 0.3) is 17.3 Å². The van der Waals surface area contributed by atoms with Gasteiger partial charge in [0.1, 0.15) is 12.0 Å². The number of alkyl halides is 3. The number of sulfonamides is 1. The van der Waals surface area contributed by atoms with Gasteiger partial charge >= 0.3 is 6.18 Å². The van der Waals surface area contributed by atoms with Crippen LogP contribution in [-0.4, -0.2) is 57.2 Å². The Labute approximate surface area is 228 Å². The molecule has 0 aliphatic carbocycles.